The van der Waals surface area contributed by atoms with Crippen LogP contribution in [0.25, 0.3) is 0 Å². The molecule has 1 N–H and O–H groups in total. The van der Waals surface area contributed by atoms with Gasteiger partial charge in [-0.2, -0.15) is 15.2 Å². The van der Waals surface area contributed by atoms with Crippen LogP contribution in [0.2, 0.25) is 0 Å². The zero-order valence-corrected chi connectivity index (χ0v) is 28.6. The van der Waals surface area contributed by atoms with E-state index < -0.39 is 57.5 Å². The number of benzene rings is 4. The summed E-state index contributed by atoms with van der Waals surface area (Å²) in [7, 11) is 0. The maximum atomic E-state index is 12.6. The second kappa shape index (κ2) is 16.9. The first kappa shape index (κ1) is 37.4. The summed E-state index contributed by atoms with van der Waals surface area (Å²) in [5.74, 6) is -3.57. The number of hydrogen-bond donors (Lipinski definition) is 1. The van der Waals surface area contributed by atoms with Gasteiger partial charge in [0.2, 0.25) is 6.10 Å². The molecule has 1 aromatic heterocycles. The standard InChI is InChI=1S/C36H28N4O12S/c1-3-48-35(43)24-15-21(2)16-26(19-24)50-32-31(40(44)45)33(51-30(34(41)42)17-22-9-12-27(13-10-22)53(46)47)39-36(38-32)52-29-18-23(20-37)11-14-28(29)49-25-7-5-4-6-8-25/h4-16,18-19,30H,3,17H2,1-2H3,(H,41,42)(H,46,47)/p-1. The molecule has 17 heteroatoms. The van der Waals surface area contributed by atoms with Gasteiger partial charge in [0.1, 0.15) is 11.5 Å². The van der Waals surface area contributed by atoms with E-state index in [1.165, 1.54) is 60.7 Å². The Bertz CT molecular complexity index is 2230. The predicted molar refractivity (Wildman–Crippen MR) is 183 cm³/mol. The van der Waals surface area contributed by atoms with E-state index in [0.29, 0.717) is 16.9 Å². The first-order valence-corrected chi connectivity index (χ1v) is 16.6. The summed E-state index contributed by atoms with van der Waals surface area (Å²) >= 11 is -2.53. The van der Waals surface area contributed by atoms with E-state index in [9.17, 15) is 38.8 Å². The van der Waals surface area contributed by atoms with E-state index in [-0.39, 0.29) is 46.3 Å². The second-order valence-corrected chi connectivity index (χ2v) is 11.8. The Hall–Kier alpha value is -6.90. The molecule has 5 aromatic rings. The van der Waals surface area contributed by atoms with Crippen LogP contribution >= 0.6 is 0 Å². The van der Waals surface area contributed by atoms with Gasteiger partial charge in [-0.05, 0) is 90.7 Å². The molecule has 1 heterocycles. The summed E-state index contributed by atoms with van der Waals surface area (Å²) in [6, 6.07) is 23.5. The molecule has 270 valence electrons. The molecular formula is C36H27N4O12S-. The lowest BCUT2D eigenvalue weighted by Crippen LogP contribution is -2.30. The molecule has 0 radical (unpaired) electrons. The Morgan fingerprint density at radius 3 is 2.28 bits per heavy atom. The van der Waals surface area contributed by atoms with Crippen LogP contribution in [0.4, 0.5) is 5.69 Å². The Labute approximate surface area is 303 Å². The molecule has 0 aliphatic heterocycles. The molecule has 16 nitrogen and oxygen atoms in total. The van der Waals surface area contributed by atoms with Gasteiger partial charge in [-0.25, -0.2) is 9.59 Å². The minimum absolute atomic E-state index is 0.0464. The van der Waals surface area contributed by atoms with E-state index in [1.807, 2.05) is 6.07 Å². The van der Waals surface area contributed by atoms with Crippen molar-refractivity contribution in [2.24, 2.45) is 0 Å². The first-order valence-electron chi connectivity index (χ1n) is 15.5. The number of carbonyl (C=O) groups excluding carboxylic acids is 1. The van der Waals surface area contributed by atoms with Gasteiger partial charge in [0.15, 0.2) is 11.5 Å². The van der Waals surface area contributed by atoms with Gasteiger partial charge in [0, 0.05) is 17.4 Å². The van der Waals surface area contributed by atoms with Crippen molar-refractivity contribution in [2.45, 2.75) is 31.3 Å². The van der Waals surface area contributed by atoms with Crippen molar-refractivity contribution in [2.75, 3.05) is 6.61 Å². The number of aryl methyl sites for hydroxylation is 1. The fourth-order valence-corrected chi connectivity index (χ4v) is 5.08. The third kappa shape index (κ3) is 9.67. The Kier molecular flexibility index (Phi) is 11.9. The molecule has 0 fully saturated rings. The normalized spacial score (nSPS) is 11.7. The average molecular weight is 740 g/mol. The van der Waals surface area contributed by atoms with E-state index in [4.69, 9.17) is 23.7 Å². The average Bonchev–Trinajstić information content (AvgIpc) is 3.12. The van der Waals surface area contributed by atoms with Crippen LogP contribution in [0.3, 0.4) is 0 Å². The summed E-state index contributed by atoms with van der Waals surface area (Å²) in [4.78, 5) is 44.7. The van der Waals surface area contributed by atoms with Crippen molar-refractivity contribution >= 4 is 28.7 Å². The van der Waals surface area contributed by atoms with Crippen molar-refractivity contribution < 1.29 is 52.1 Å². The molecule has 5 rings (SSSR count). The number of carboxylic acids is 1. The van der Waals surface area contributed by atoms with Crippen LogP contribution in [0, 0.1) is 28.4 Å². The lowest BCUT2D eigenvalue weighted by atomic mass is 10.1. The van der Waals surface area contributed by atoms with E-state index >= 15 is 0 Å². The van der Waals surface area contributed by atoms with E-state index in [0.717, 1.165) is 0 Å². The number of rotatable bonds is 15. The molecule has 2 atom stereocenters. The monoisotopic (exact) mass is 739 g/mol. The van der Waals surface area contributed by atoms with Gasteiger partial charge < -0.3 is 33.3 Å². The third-order valence-corrected chi connectivity index (χ3v) is 7.73. The minimum Gasteiger partial charge on any atom is -0.768 e. The fraction of sp³-hybridized carbons (Fsp3) is 0.139. The summed E-state index contributed by atoms with van der Waals surface area (Å²) in [6.07, 6.45) is -2.18. The van der Waals surface area contributed by atoms with Crippen molar-refractivity contribution in [1.82, 2.24) is 9.97 Å². The van der Waals surface area contributed by atoms with Crippen LogP contribution < -0.4 is 18.9 Å². The topological polar surface area (TPSA) is 233 Å². The van der Waals surface area contributed by atoms with Crippen LogP contribution in [0.1, 0.15) is 34.0 Å². The Balaban J connectivity index is 1.62. The molecule has 0 bridgehead atoms. The summed E-state index contributed by atoms with van der Waals surface area (Å²) in [5.41, 5.74) is 0.0496. The molecule has 0 aliphatic carbocycles. The maximum Gasteiger partial charge on any atom is 0.392 e. The summed E-state index contributed by atoms with van der Waals surface area (Å²) < 4.78 is 51.0. The van der Waals surface area contributed by atoms with Crippen LogP contribution in [0.15, 0.2) is 95.9 Å². The lowest BCUT2D eigenvalue weighted by Gasteiger charge is -2.17. The Morgan fingerprint density at radius 2 is 1.64 bits per heavy atom. The summed E-state index contributed by atoms with van der Waals surface area (Å²) in [5, 5.41) is 32.2. The molecule has 0 aliphatic rings. The molecular weight excluding hydrogens is 712 g/mol. The highest BCUT2D eigenvalue weighted by atomic mass is 32.2. The highest BCUT2D eigenvalue weighted by molar-refractivity contribution is 7.79. The summed E-state index contributed by atoms with van der Waals surface area (Å²) in [6.45, 7) is 3.34. The van der Waals surface area contributed by atoms with Crippen molar-refractivity contribution in [3.63, 3.8) is 0 Å². The zero-order valence-electron chi connectivity index (χ0n) is 27.8. The van der Waals surface area contributed by atoms with Gasteiger partial charge >= 0.3 is 35.4 Å². The number of esters is 1. The minimum atomic E-state index is -2.53. The number of nitrogens with zero attached hydrogens (tertiary/aromatic N) is 4. The number of aromatic nitrogens is 2. The number of aliphatic carboxylic acids is 1. The van der Waals surface area contributed by atoms with Gasteiger partial charge in [-0.15, -0.1) is 0 Å². The smallest absolute Gasteiger partial charge is 0.392 e. The van der Waals surface area contributed by atoms with Crippen molar-refractivity contribution in [1.29, 1.82) is 5.26 Å². The molecule has 0 saturated heterocycles. The van der Waals surface area contributed by atoms with Gasteiger partial charge in [-0.1, -0.05) is 30.3 Å². The Morgan fingerprint density at radius 1 is 0.925 bits per heavy atom. The molecule has 2 unspecified atom stereocenters. The number of nitro groups is 1. The molecule has 4 aromatic carbocycles. The van der Waals surface area contributed by atoms with E-state index in [2.05, 4.69) is 9.97 Å². The highest BCUT2D eigenvalue weighted by Gasteiger charge is 2.34. The van der Waals surface area contributed by atoms with Gasteiger partial charge in [0.25, 0.3) is 0 Å². The second-order valence-electron chi connectivity index (χ2n) is 10.9. The maximum absolute atomic E-state index is 12.6. The van der Waals surface area contributed by atoms with Gasteiger partial charge in [0.05, 0.1) is 28.7 Å². The fourth-order valence-electron chi connectivity index (χ4n) is 4.72. The number of ether oxygens (including phenoxy) is 5. The molecule has 53 heavy (non-hydrogen) atoms. The molecule has 0 spiro atoms. The number of carboxylic acid groups (broad SMARTS) is 1. The van der Waals surface area contributed by atoms with Crippen LogP contribution in [0.5, 0.6) is 40.8 Å². The molecule has 0 saturated carbocycles. The number of nitriles is 1. The van der Waals surface area contributed by atoms with Crippen LogP contribution in [-0.2, 0) is 27.0 Å². The van der Waals surface area contributed by atoms with E-state index in [1.54, 1.807) is 44.2 Å². The SMILES string of the molecule is CCOC(=O)c1cc(C)cc(Oc2nc(Oc3cc(C#N)ccc3Oc3ccccc3)nc(OC(Cc3ccc(S(=O)[O-])cc3)C(=O)O)c2[N+](=O)[O-])c1. The first-order chi connectivity index (χ1) is 25.4. The van der Waals surface area contributed by atoms with Gasteiger partial charge in [-0.3, -0.25) is 14.3 Å². The lowest BCUT2D eigenvalue weighted by molar-refractivity contribution is -0.387. The van der Waals surface area contributed by atoms with Crippen molar-refractivity contribution in [3.8, 4) is 46.8 Å². The highest BCUT2D eigenvalue weighted by Crippen LogP contribution is 2.41. The number of carbonyl (C=O) groups is 2. The molecule has 0 amide bonds. The number of hydrogen-bond acceptors (Lipinski definition) is 14. The largest absolute Gasteiger partial charge is 0.768 e. The predicted octanol–water partition coefficient (Wildman–Crippen LogP) is 6.43. The third-order valence-electron chi connectivity index (χ3n) is 7.07. The van der Waals surface area contributed by atoms with Crippen molar-refractivity contribution in [3.05, 3.63) is 123 Å². The quantitative estimate of drug-likeness (QED) is 0.0527. The number of para-hydroxylation sites is 1. The zero-order chi connectivity index (χ0) is 38.1. The van der Waals surface area contributed by atoms with Crippen LogP contribution in [-0.4, -0.2) is 53.4 Å².